The summed E-state index contributed by atoms with van der Waals surface area (Å²) in [6.45, 7) is 5.52. The third-order valence-corrected chi connectivity index (χ3v) is 5.58. The van der Waals surface area contributed by atoms with Crippen LogP contribution < -0.4 is 10.6 Å². The van der Waals surface area contributed by atoms with Crippen LogP contribution in [0.3, 0.4) is 0 Å². The van der Waals surface area contributed by atoms with E-state index in [-0.39, 0.29) is 16.0 Å². The van der Waals surface area contributed by atoms with Gasteiger partial charge < -0.3 is 20.5 Å². The molecule has 3 aromatic rings. The fourth-order valence-electron chi connectivity index (χ4n) is 3.71. The Morgan fingerprint density at radius 2 is 2.16 bits per heavy atom. The minimum atomic E-state index is -0.650. The van der Waals surface area contributed by atoms with E-state index in [9.17, 15) is 9.18 Å². The second kappa shape index (κ2) is 9.57. The van der Waals surface area contributed by atoms with Crippen molar-refractivity contribution in [2.45, 2.75) is 32.2 Å². The zero-order valence-electron chi connectivity index (χ0n) is 17.3. The van der Waals surface area contributed by atoms with Crippen LogP contribution in [-0.2, 0) is 4.79 Å². The molecular weight excluding hydrogens is 421 g/mol. The van der Waals surface area contributed by atoms with Crippen LogP contribution in [0.4, 0.5) is 10.2 Å². The van der Waals surface area contributed by atoms with Crippen molar-refractivity contribution in [2.24, 2.45) is 0 Å². The van der Waals surface area contributed by atoms with Crippen molar-refractivity contribution in [1.82, 2.24) is 30.2 Å². The number of anilines is 1. The first-order valence-corrected chi connectivity index (χ1v) is 10.8. The Hall–Kier alpha value is -2.78. The normalized spacial score (nSPS) is 15.3. The van der Waals surface area contributed by atoms with Gasteiger partial charge in [0.05, 0.1) is 11.2 Å². The van der Waals surface area contributed by atoms with Crippen molar-refractivity contribution in [3.63, 3.8) is 0 Å². The van der Waals surface area contributed by atoms with Crippen molar-refractivity contribution < 1.29 is 13.5 Å². The minimum Gasteiger partial charge on any atom is -0.356 e. The molecular formula is C21H31ClFN7O. The first-order chi connectivity index (χ1) is 15.0. The molecule has 170 valence electrons. The van der Waals surface area contributed by atoms with Crippen LogP contribution in [0.15, 0.2) is 24.7 Å². The van der Waals surface area contributed by atoms with Gasteiger partial charge in [-0.25, -0.2) is 19.3 Å². The van der Waals surface area contributed by atoms with Gasteiger partial charge in [-0.1, -0.05) is 11.6 Å². The maximum Gasteiger partial charge on any atom is 0.242 e. The Balaban J connectivity index is 0.00000193. The second-order valence-electron chi connectivity index (χ2n) is 7.70. The molecule has 1 saturated heterocycles. The molecule has 1 atom stereocenters. The van der Waals surface area contributed by atoms with E-state index in [0.717, 1.165) is 37.6 Å². The Morgan fingerprint density at radius 3 is 2.97 bits per heavy atom. The van der Waals surface area contributed by atoms with Gasteiger partial charge in [0, 0.05) is 34.2 Å². The van der Waals surface area contributed by atoms with Crippen LogP contribution in [0, 0.1) is 5.82 Å². The van der Waals surface area contributed by atoms with E-state index in [2.05, 4.69) is 35.5 Å². The molecule has 0 saturated carbocycles. The lowest BCUT2D eigenvalue weighted by molar-refractivity contribution is -0.121. The molecule has 3 N–H and O–H groups in total. The molecule has 0 unspecified atom stereocenters. The van der Waals surface area contributed by atoms with Gasteiger partial charge in [0.15, 0.2) is 17.5 Å². The van der Waals surface area contributed by atoms with E-state index in [4.69, 9.17) is 11.6 Å². The molecule has 0 bridgehead atoms. The first kappa shape index (κ1) is 21.5. The van der Waals surface area contributed by atoms with Crippen molar-refractivity contribution in [1.29, 1.82) is 0 Å². The Labute approximate surface area is 189 Å². The minimum absolute atomic E-state index is 0. The summed E-state index contributed by atoms with van der Waals surface area (Å²) in [6.07, 6.45) is 7.71. The molecule has 1 aliphatic heterocycles. The molecule has 1 aliphatic rings. The average molecular weight is 452 g/mol. The topological polar surface area (TPSA) is 98.8 Å². The fourth-order valence-corrected chi connectivity index (χ4v) is 3.86. The van der Waals surface area contributed by atoms with E-state index in [1.165, 1.54) is 19.0 Å². The number of carbonyl (C=O) groups is 1. The number of aromatic amines is 1. The number of H-pyrrole nitrogens is 1. The number of amides is 1. The summed E-state index contributed by atoms with van der Waals surface area (Å²) in [7, 11) is 0. The highest BCUT2D eigenvalue weighted by Gasteiger charge is 2.18. The van der Waals surface area contributed by atoms with Crippen LogP contribution in [0.2, 0.25) is 5.02 Å². The number of likely N-dealkylation sites (tertiary alicyclic amines) is 1. The molecule has 10 heteroatoms. The van der Waals surface area contributed by atoms with Gasteiger partial charge in [-0.3, -0.25) is 4.79 Å². The molecule has 4 heterocycles. The summed E-state index contributed by atoms with van der Waals surface area (Å²) in [5, 5.41) is 6.96. The maximum atomic E-state index is 14.3. The molecule has 31 heavy (non-hydrogen) atoms. The largest absolute Gasteiger partial charge is 0.356 e. The smallest absolute Gasteiger partial charge is 0.242 e. The van der Waals surface area contributed by atoms with Crippen molar-refractivity contribution in [3.8, 4) is 11.4 Å². The summed E-state index contributed by atoms with van der Waals surface area (Å²) in [5.41, 5.74) is 1.27. The van der Waals surface area contributed by atoms with Gasteiger partial charge in [-0.15, -0.1) is 0 Å². The molecule has 0 aromatic carbocycles. The molecule has 1 amide bonds. The number of rotatable bonds is 8. The fraction of sp³-hybridized carbons (Fsp3) is 0.429. The lowest BCUT2D eigenvalue weighted by Crippen LogP contribution is -2.39. The number of hydrogen-bond donors (Lipinski definition) is 3. The number of hydrogen-bond acceptors (Lipinski definition) is 6. The lowest BCUT2D eigenvalue weighted by Gasteiger charge is -2.17. The van der Waals surface area contributed by atoms with Gasteiger partial charge in [-0.2, -0.15) is 0 Å². The third kappa shape index (κ3) is 5.11. The Bertz CT molecular complexity index is 1080. The predicted octanol–water partition coefficient (Wildman–Crippen LogP) is 3.95. The van der Waals surface area contributed by atoms with E-state index in [1.54, 1.807) is 19.2 Å². The van der Waals surface area contributed by atoms with Crippen LogP contribution in [0.5, 0.6) is 0 Å². The average Bonchev–Trinajstić information content (AvgIpc) is 3.42. The highest BCUT2D eigenvalue weighted by Crippen LogP contribution is 2.28. The lowest BCUT2D eigenvalue weighted by atomic mass is 10.2. The van der Waals surface area contributed by atoms with E-state index in [1.807, 2.05) is 0 Å². The third-order valence-electron chi connectivity index (χ3n) is 5.38. The summed E-state index contributed by atoms with van der Waals surface area (Å²) in [6, 6.07) is 1.09. The number of aromatic nitrogens is 4. The highest BCUT2D eigenvalue weighted by atomic mass is 35.5. The van der Waals surface area contributed by atoms with Crippen LogP contribution in [0.1, 0.15) is 30.5 Å². The van der Waals surface area contributed by atoms with E-state index >= 15 is 0 Å². The summed E-state index contributed by atoms with van der Waals surface area (Å²) in [4.78, 5) is 30.4. The molecule has 0 spiro atoms. The second-order valence-corrected chi connectivity index (χ2v) is 8.14. The van der Waals surface area contributed by atoms with Gasteiger partial charge in [0.1, 0.15) is 11.7 Å². The van der Waals surface area contributed by atoms with Gasteiger partial charge in [-0.05, 0) is 51.9 Å². The van der Waals surface area contributed by atoms with Crippen molar-refractivity contribution in [3.05, 3.63) is 35.5 Å². The molecule has 8 nitrogen and oxygen atoms in total. The van der Waals surface area contributed by atoms with Crippen molar-refractivity contribution >= 4 is 34.4 Å². The van der Waals surface area contributed by atoms with Gasteiger partial charge in [0.25, 0.3) is 0 Å². The standard InChI is InChI=1S/C21H25ClFN7O.3H2/c1-13(21(31)24-5-4-8-30-6-2-3-7-30)28-20-17(23)12-27-19(29-20)16-11-26-18-15(16)9-14(22)10-25-18;;;/h9-13H,2-8H2,1H3,(H,24,31)(H,25,26)(H,27,28,29);3*1H/t13-;;;/m0.../s1. The zero-order chi connectivity index (χ0) is 21.8. The van der Waals surface area contributed by atoms with Crippen LogP contribution in [-0.4, -0.2) is 63.0 Å². The zero-order valence-corrected chi connectivity index (χ0v) is 18.0. The van der Waals surface area contributed by atoms with Crippen LogP contribution >= 0.6 is 11.6 Å². The maximum absolute atomic E-state index is 14.3. The summed E-state index contributed by atoms with van der Waals surface area (Å²) >= 11 is 6.05. The first-order valence-electron chi connectivity index (χ1n) is 10.4. The monoisotopic (exact) mass is 451 g/mol. The Morgan fingerprint density at radius 1 is 1.35 bits per heavy atom. The molecule has 3 aromatic heterocycles. The van der Waals surface area contributed by atoms with Crippen LogP contribution in [0.25, 0.3) is 22.4 Å². The number of halogens is 2. The van der Waals surface area contributed by atoms with Gasteiger partial charge >= 0.3 is 0 Å². The molecule has 4 rings (SSSR count). The number of carbonyl (C=O) groups excluding carboxylic acids is 1. The van der Waals surface area contributed by atoms with E-state index < -0.39 is 11.9 Å². The highest BCUT2D eigenvalue weighted by molar-refractivity contribution is 6.31. The molecule has 1 fully saturated rings. The van der Waals surface area contributed by atoms with Gasteiger partial charge in [0.2, 0.25) is 5.91 Å². The SMILES string of the molecule is C[C@H](Nc1nc(-c2c[nH]c3ncc(Cl)cc23)ncc1F)C(=O)NCCCN1CCCC1.[HH].[HH].[HH]. The summed E-state index contributed by atoms with van der Waals surface area (Å²) < 4.78 is 14.3. The quantitative estimate of drug-likeness (QED) is 0.448. The van der Waals surface area contributed by atoms with Crippen molar-refractivity contribution in [2.75, 3.05) is 31.5 Å². The van der Waals surface area contributed by atoms with E-state index in [0.29, 0.717) is 28.6 Å². The number of nitrogens with zero attached hydrogens (tertiary/aromatic N) is 4. The Kier molecular flexibility index (Phi) is 6.62. The molecule has 0 aliphatic carbocycles. The number of fused-ring (bicyclic) bond motifs is 1. The summed E-state index contributed by atoms with van der Waals surface area (Å²) in [5.74, 6) is -0.566. The number of pyridine rings is 1. The number of nitrogens with one attached hydrogen (secondary N) is 3. The predicted molar refractivity (Wildman–Crippen MR) is 125 cm³/mol. The molecule has 0 radical (unpaired) electrons.